The van der Waals surface area contributed by atoms with Gasteiger partial charge in [-0.2, -0.15) is 4.31 Å². The van der Waals surface area contributed by atoms with Crippen molar-refractivity contribution in [1.82, 2.24) is 9.21 Å². The van der Waals surface area contributed by atoms with Crippen molar-refractivity contribution < 1.29 is 22.4 Å². The monoisotopic (exact) mass is 424 g/mol. The van der Waals surface area contributed by atoms with E-state index >= 15 is 0 Å². The summed E-state index contributed by atoms with van der Waals surface area (Å²) < 4.78 is 40.2. The predicted octanol–water partition coefficient (Wildman–Crippen LogP) is 2.69. The maximum Gasteiger partial charge on any atom is 0.246 e. The van der Waals surface area contributed by atoms with Crippen LogP contribution in [0.3, 0.4) is 0 Å². The molecule has 0 saturated carbocycles. The quantitative estimate of drug-likeness (QED) is 0.669. The molecule has 0 N–H and O–H groups in total. The number of piperazine rings is 1. The van der Waals surface area contributed by atoms with E-state index in [1.165, 1.54) is 33.8 Å². The zero-order valence-electron chi connectivity index (χ0n) is 15.4. The van der Waals surface area contributed by atoms with Crippen LogP contribution in [0.15, 0.2) is 41.3 Å². The molecule has 0 spiro atoms. The van der Waals surface area contributed by atoms with E-state index in [9.17, 15) is 22.4 Å². The molecule has 150 valence electrons. The molecule has 1 saturated heterocycles. The van der Waals surface area contributed by atoms with Gasteiger partial charge in [0.25, 0.3) is 0 Å². The third-order valence-electron chi connectivity index (χ3n) is 4.63. The maximum atomic E-state index is 13.9. The Labute approximate surface area is 167 Å². The molecule has 1 aliphatic heterocycles. The Hall–Kier alpha value is -2.10. The number of sulfonamides is 1. The van der Waals surface area contributed by atoms with Crippen molar-refractivity contribution in [2.45, 2.75) is 24.7 Å². The fourth-order valence-electron chi connectivity index (χ4n) is 3.06. The van der Waals surface area contributed by atoms with E-state index in [2.05, 4.69) is 0 Å². The van der Waals surface area contributed by atoms with E-state index < -0.39 is 15.8 Å². The first-order valence-corrected chi connectivity index (χ1v) is 11.2. The second-order valence-corrected chi connectivity index (χ2v) is 9.74. The van der Waals surface area contributed by atoms with E-state index in [1.807, 2.05) is 13.0 Å². The fourth-order valence-corrected chi connectivity index (χ4v) is 5.38. The summed E-state index contributed by atoms with van der Waals surface area (Å²) in [5.74, 6) is -1.03. The van der Waals surface area contributed by atoms with Gasteiger partial charge in [-0.15, -0.1) is 11.3 Å². The first kappa shape index (κ1) is 20.6. The van der Waals surface area contributed by atoms with Crippen LogP contribution in [-0.4, -0.2) is 55.5 Å². The molecule has 2 heterocycles. The molecule has 9 heteroatoms. The zero-order valence-corrected chi connectivity index (χ0v) is 17.1. The summed E-state index contributed by atoms with van der Waals surface area (Å²) in [6.45, 7) is 2.56. The van der Waals surface area contributed by atoms with Gasteiger partial charge in [-0.3, -0.25) is 9.59 Å². The van der Waals surface area contributed by atoms with E-state index in [0.717, 1.165) is 10.9 Å². The van der Waals surface area contributed by atoms with Crippen molar-refractivity contribution in [2.24, 2.45) is 0 Å². The molecule has 6 nitrogen and oxygen atoms in total. The number of hydrogen-bond donors (Lipinski definition) is 0. The number of ketones is 1. The molecule has 0 atom stereocenters. The number of halogens is 1. The second-order valence-electron chi connectivity index (χ2n) is 6.55. The Morgan fingerprint density at radius 2 is 1.71 bits per heavy atom. The van der Waals surface area contributed by atoms with Gasteiger partial charge in [-0.1, -0.05) is 12.1 Å². The van der Waals surface area contributed by atoms with Crippen LogP contribution < -0.4 is 0 Å². The molecule has 3 rings (SSSR count). The molecule has 1 aromatic heterocycles. The van der Waals surface area contributed by atoms with E-state index in [0.29, 0.717) is 4.88 Å². The summed E-state index contributed by atoms with van der Waals surface area (Å²) in [6.07, 6.45) is 0.225. The van der Waals surface area contributed by atoms with Crippen LogP contribution >= 0.6 is 11.3 Å². The number of benzene rings is 1. The van der Waals surface area contributed by atoms with Crippen LogP contribution in [0.25, 0.3) is 0 Å². The largest absolute Gasteiger partial charge is 0.340 e. The Balaban J connectivity index is 1.54. The molecule has 1 aliphatic rings. The third-order valence-corrected chi connectivity index (χ3v) is 7.60. The number of rotatable bonds is 6. The number of Topliss-reactive ketones (excluding diaryl/α,β-unsaturated/α-hetero) is 1. The maximum absolute atomic E-state index is 13.9. The summed E-state index contributed by atoms with van der Waals surface area (Å²) >= 11 is 1.41. The molecule has 0 radical (unpaired) electrons. The molecule has 1 aromatic carbocycles. The van der Waals surface area contributed by atoms with Gasteiger partial charge in [0.05, 0.1) is 4.88 Å². The minimum atomic E-state index is -3.93. The van der Waals surface area contributed by atoms with E-state index in [1.54, 1.807) is 11.0 Å². The average Bonchev–Trinajstić information content (AvgIpc) is 3.12. The standard InChI is InChI=1S/C19H21FN2O4S2/c1-14-6-8-17(27-14)16(23)7-9-19(24)21-10-12-22(13-11-21)28(25,26)18-5-3-2-4-15(18)20/h2-6,8H,7,9-13H2,1H3. The first-order valence-electron chi connectivity index (χ1n) is 8.91. The Kier molecular flexibility index (Phi) is 6.26. The number of carbonyl (C=O) groups is 2. The highest BCUT2D eigenvalue weighted by Crippen LogP contribution is 2.21. The van der Waals surface area contributed by atoms with Crippen molar-refractivity contribution in [3.63, 3.8) is 0 Å². The lowest BCUT2D eigenvalue weighted by atomic mass is 10.1. The number of nitrogens with zero attached hydrogens (tertiary/aromatic N) is 2. The van der Waals surface area contributed by atoms with Crippen molar-refractivity contribution in [3.05, 3.63) is 52.0 Å². The predicted molar refractivity (Wildman–Crippen MR) is 104 cm³/mol. The van der Waals surface area contributed by atoms with Crippen LogP contribution in [0.1, 0.15) is 27.4 Å². The zero-order chi connectivity index (χ0) is 20.3. The van der Waals surface area contributed by atoms with Gasteiger partial charge < -0.3 is 4.90 Å². The lowest BCUT2D eigenvalue weighted by molar-refractivity contribution is -0.132. The van der Waals surface area contributed by atoms with Gasteiger partial charge in [-0.25, -0.2) is 12.8 Å². The number of amides is 1. The third kappa shape index (κ3) is 4.48. The number of thiophene rings is 1. The lowest BCUT2D eigenvalue weighted by Gasteiger charge is -2.34. The van der Waals surface area contributed by atoms with Crippen LogP contribution in [-0.2, 0) is 14.8 Å². The Morgan fingerprint density at radius 3 is 2.32 bits per heavy atom. The Morgan fingerprint density at radius 1 is 1.04 bits per heavy atom. The highest BCUT2D eigenvalue weighted by atomic mass is 32.2. The average molecular weight is 425 g/mol. The van der Waals surface area contributed by atoms with Crippen LogP contribution in [0.4, 0.5) is 4.39 Å². The van der Waals surface area contributed by atoms with Crippen molar-refractivity contribution in [2.75, 3.05) is 26.2 Å². The molecule has 0 aliphatic carbocycles. The topological polar surface area (TPSA) is 74.8 Å². The molecular weight excluding hydrogens is 403 g/mol. The van der Waals surface area contributed by atoms with Crippen molar-refractivity contribution in [1.29, 1.82) is 0 Å². The van der Waals surface area contributed by atoms with Crippen LogP contribution in [0, 0.1) is 12.7 Å². The van der Waals surface area contributed by atoms with Crippen molar-refractivity contribution in [3.8, 4) is 0 Å². The number of aryl methyl sites for hydroxylation is 1. The van der Waals surface area contributed by atoms with Gasteiger partial charge in [-0.05, 0) is 31.2 Å². The highest BCUT2D eigenvalue weighted by molar-refractivity contribution is 7.89. The summed E-state index contributed by atoms with van der Waals surface area (Å²) in [4.78, 5) is 27.4. The normalized spacial score (nSPS) is 15.6. The highest BCUT2D eigenvalue weighted by Gasteiger charge is 2.31. The minimum absolute atomic E-state index is 0.0628. The van der Waals surface area contributed by atoms with Gasteiger partial charge in [0, 0.05) is 43.9 Å². The molecule has 2 aromatic rings. The van der Waals surface area contributed by atoms with Gasteiger partial charge in [0.2, 0.25) is 15.9 Å². The summed E-state index contributed by atoms with van der Waals surface area (Å²) in [5, 5.41) is 0. The van der Waals surface area contributed by atoms with Crippen molar-refractivity contribution >= 4 is 33.1 Å². The van der Waals surface area contributed by atoms with E-state index in [-0.39, 0.29) is 55.6 Å². The first-order chi connectivity index (χ1) is 13.3. The summed E-state index contributed by atoms with van der Waals surface area (Å²) in [7, 11) is -3.93. The number of carbonyl (C=O) groups excluding carboxylic acids is 2. The summed E-state index contributed by atoms with van der Waals surface area (Å²) in [5.41, 5.74) is 0. The van der Waals surface area contributed by atoms with Crippen LogP contribution in [0.2, 0.25) is 0 Å². The molecule has 0 unspecified atom stereocenters. The molecule has 1 amide bonds. The van der Waals surface area contributed by atoms with Gasteiger partial charge >= 0.3 is 0 Å². The molecule has 1 fully saturated rings. The molecular formula is C19H21FN2O4S2. The summed E-state index contributed by atoms with van der Waals surface area (Å²) in [6, 6.07) is 8.89. The molecule has 0 bridgehead atoms. The minimum Gasteiger partial charge on any atom is -0.340 e. The SMILES string of the molecule is Cc1ccc(C(=O)CCC(=O)N2CCN(S(=O)(=O)c3ccccc3F)CC2)s1. The van der Waals surface area contributed by atoms with Gasteiger partial charge in [0.1, 0.15) is 10.7 Å². The smallest absolute Gasteiger partial charge is 0.246 e. The fraction of sp³-hybridized carbons (Fsp3) is 0.368. The Bertz CT molecular complexity index is 979. The van der Waals surface area contributed by atoms with E-state index in [4.69, 9.17) is 0 Å². The number of hydrogen-bond acceptors (Lipinski definition) is 5. The van der Waals surface area contributed by atoms with Crippen LogP contribution in [0.5, 0.6) is 0 Å². The lowest BCUT2D eigenvalue weighted by Crippen LogP contribution is -2.50. The van der Waals surface area contributed by atoms with Gasteiger partial charge in [0.15, 0.2) is 5.78 Å². The second kappa shape index (κ2) is 8.50. The molecule has 28 heavy (non-hydrogen) atoms.